The van der Waals surface area contributed by atoms with Gasteiger partial charge in [0, 0.05) is 31.9 Å². The van der Waals surface area contributed by atoms with Crippen LogP contribution in [0.1, 0.15) is 12.8 Å². The highest BCUT2D eigenvalue weighted by Gasteiger charge is 2.30. The number of amides is 3. The second-order valence-corrected chi connectivity index (χ2v) is 5.63. The first kappa shape index (κ1) is 14.8. The zero-order valence-corrected chi connectivity index (χ0v) is 12.5. The Kier molecular flexibility index (Phi) is 4.58. The summed E-state index contributed by atoms with van der Waals surface area (Å²) in [6.45, 7) is 2.60. The summed E-state index contributed by atoms with van der Waals surface area (Å²) in [6.07, 6.45) is 2.17. The Balaban J connectivity index is 1.49. The van der Waals surface area contributed by atoms with Gasteiger partial charge in [-0.1, -0.05) is 18.2 Å². The maximum absolute atomic E-state index is 12.3. The zero-order valence-electron chi connectivity index (χ0n) is 12.5. The molecule has 2 fully saturated rings. The molecule has 0 spiro atoms. The van der Waals surface area contributed by atoms with Crippen molar-refractivity contribution in [3.63, 3.8) is 0 Å². The van der Waals surface area contributed by atoms with E-state index in [2.05, 4.69) is 5.32 Å². The fraction of sp³-hybridized carbons (Fsp3) is 0.500. The minimum Gasteiger partial charge on any atom is -0.376 e. The molecule has 0 aromatic heterocycles. The third-order valence-corrected chi connectivity index (χ3v) is 4.05. The minimum atomic E-state index is -0.126. The predicted molar refractivity (Wildman–Crippen MR) is 82.7 cm³/mol. The van der Waals surface area contributed by atoms with Gasteiger partial charge in [0.05, 0.1) is 6.10 Å². The Bertz CT molecular complexity index is 529. The molecule has 0 saturated carbocycles. The van der Waals surface area contributed by atoms with Crippen LogP contribution in [0.15, 0.2) is 30.3 Å². The van der Waals surface area contributed by atoms with Crippen molar-refractivity contribution in [2.24, 2.45) is 0 Å². The molecule has 2 saturated heterocycles. The van der Waals surface area contributed by atoms with E-state index in [1.807, 2.05) is 30.3 Å². The number of para-hydroxylation sites is 1. The van der Waals surface area contributed by atoms with E-state index >= 15 is 0 Å². The molecule has 6 heteroatoms. The second-order valence-electron chi connectivity index (χ2n) is 5.63. The summed E-state index contributed by atoms with van der Waals surface area (Å²) >= 11 is 0. The standard InChI is InChI=1S/C16H21N3O3/c20-15(17-11-14-7-4-10-22-14)12-18-8-9-19(16(18)21)13-5-2-1-3-6-13/h1-3,5-6,14H,4,7-12H2,(H,17,20). The van der Waals surface area contributed by atoms with E-state index in [9.17, 15) is 9.59 Å². The number of carbonyl (C=O) groups excluding carboxylic acids is 2. The summed E-state index contributed by atoms with van der Waals surface area (Å²) in [5, 5.41) is 2.85. The Labute approximate surface area is 130 Å². The van der Waals surface area contributed by atoms with Gasteiger partial charge in [-0.2, -0.15) is 0 Å². The Hall–Kier alpha value is -2.08. The van der Waals surface area contributed by atoms with E-state index in [1.54, 1.807) is 9.80 Å². The number of hydrogen-bond acceptors (Lipinski definition) is 3. The van der Waals surface area contributed by atoms with Crippen molar-refractivity contribution in [2.45, 2.75) is 18.9 Å². The molecule has 0 aliphatic carbocycles. The smallest absolute Gasteiger partial charge is 0.325 e. The van der Waals surface area contributed by atoms with Crippen LogP contribution in [0.4, 0.5) is 10.5 Å². The Morgan fingerprint density at radius 3 is 2.82 bits per heavy atom. The maximum Gasteiger partial charge on any atom is 0.325 e. The lowest BCUT2D eigenvalue weighted by Crippen LogP contribution is -2.42. The highest BCUT2D eigenvalue weighted by atomic mass is 16.5. The molecule has 1 N–H and O–H groups in total. The molecule has 6 nitrogen and oxygen atoms in total. The average molecular weight is 303 g/mol. The van der Waals surface area contributed by atoms with Crippen LogP contribution >= 0.6 is 0 Å². The molecule has 1 atom stereocenters. The number of benzene rings is 1. The van der Waals surface area contributed by atoms with E-state index in [1.165, 1.54) is 0 Å². The fourth-order valence-electron chi connectivity index (χ4n) is 2.84. The summed E-state index contributed by atoms with van der Waals surface area (Å²) in [5.41, 5.74) is 0.870. The van der Waals surface area contributed by atoms with Gasteiger partial charge in [-0.15, -0.1) is 0 Å². The maximum atomic E-state index is 12.3. The van der Waals surface area contributed by atoms with Crippen molar-refractivity contribution in [1.82, 2.24) is 10.2 Å². The van der Waals surface area contributed by atoms with Crippen molar-refractivity contribution in [3.05, 3.63) is 30.3 Å². The molecule has 1 aromatic rings. The van der Waals surface area contributed by atoms with Gasteiger partial charge in [0.25, 0.3) is 0 Å². The van der Waals surface area contributed by atoms with Gasteiger partial charge in [-0.3, -0.25) is 9.69 Å². The van der Waals surface area contributed by atoms with Gasteiger partial charge in [0.2, 0.25) is 5.91 Å². The number of rotatable bonds is 5. The monoisotopic (exact) mass is 303 g/mol. The minimum absolute atomic E-state index is 0.106. The van der Waals surface area contributed by atoms with Gasteiger partial charge in [0.15, 0.2) is 0 Å². The molecule has 2 aliphatic rings. The van der Waals surface area contributed by atoms with Crippen LogP contribution in [0.25, 0.3) is 0 Å². The van der Waals surface area contributed by atoms with Gasteiger partial charge in [0.1, 0.15) is 6.54 Å². The molecule has 22 heavy (non-hydrogen) atoms. The van der Waals surface area contributed by atoms with Crippen molar-refractivity contribution < 1.29 is 14.3 Å². The largest absolute Gasteiger partial charge is 0.376 e. The first-order valence-electron chi connectivity index (χ1n) is 7.74. The van der Waals surface area contributed by atoms with Gasteiger partial charge < -0.3 is 15.0 Å². The molecule has 1 unspecified atom stereocenters. The fourth-order valence-corrected chi connectivity index (χ4v) is 2.84. The van der Waals surface area contributed by atoms with Crippen molar-refractivity contribution in [1.29, 1.82) is 0 Å². The molecule has 3 amide bonds. The summed E-state index contributed by atoms with van der Waals surface area (Å²) in [5.74, 6) is -0.126. The summed E-state index contributed by atoms with van der Waals surface area (Å²) in [6, 6.07) is 9.41. The van der Waals surface area contributed by atoms with Gasteiger partial charge >= 0.3 is 6.03 Å². The van der Waals surface area contributed by atoms with Crippen LogP contribution in [-0.4, -0.2) is 55.7 Å². The first-order chi connectivity index (χ1) is 10.7. The predicted octanol–water partition coefficient (Wildman–Crippen LogP) is 1.22. The van der Waals surface area contributed by atoms with Crippen LogP contribution in [-0.2, 0) is 9.53 Å². The van der Waals surface area contributed by atoms with Gasteiger partial charge in [-0.05, 0) is 25.0 Å². The number of anilines is 1. The first-order valence-corrected chi connectivity index (χ1v) is 7.74. The van der Waals surface area contributed by atoms with Crippen molar-refractivity contribution in [3.8, 4) is 0 Å². The molecular formula is C16H21N3O3. The Morgan fingerprint density at radius 1 is 1.27 bits per heavy atom. The van der Waals surface area contributed by atoms with Crippen molar-refractivity contribution >= 4 is 17.6 Å². The molecule has 1 aromatic carbocycles. The van der Waals surface area contributed by atoms with E-state index in [0.29, 0.717) is 19.6 Å². The normalized spacial score (nSPS) is 21.5. The van der Waals surface area contributed by atoms with Crippen LogP contribution < -0.4 is 10.2 Å². The molecule has 2 heterocycles. The lowest BCUT2D eigenvalue weighted by molar-refractivity contribution is -0.122. The topological polar surface area (TPSA) is 61.9 Å². The van der Waals surface area contributed by atoms with Crippen molar-refractivity contribution in [2.75, 3.05) is 37.7 Å². The quantitative estimate of drug-likeness (QED) is 0.890. The van der Waals surface area contributed by atoms with E-state index < -0.39 is 0 Å². The molecular weight excluding hydrogens is 282 g/mol. The highest BCUT2D eigenvalue weighted by Crippen LogP contribution is 2.19. The van der Waals surface area contributed by atoms with E-state index in [0.717, 1.165) is 25.1 Å². The number of ether oxygens (including phenoxy) is 1. The van der Waals surface area contributed by atoms with Crippen LogP contribution in [0.2, 0.25) is 0 Å². The van der Waals surface area contributed by atoms with Crippen LogP contribution in [0.5, 0.6) is 0 Å². The molecule has 0 radical (unpaired) electrons. The number of hydrogen-bond donors (Lipinski definition) is 1. The third kappa shape index (κ3) is 3.39. The molecule has 0 bridgehead atoms. The number of urea groups is 1. The summed E-state index contributed by atoms with van der Waals surface area (Å²) < 4.78 is 5.47. The summed E-state index contributed by atoms with van der Waals surface area (Å²) in [7, 11) is 0. The average Bonchev–Trinajstić information content (AvgIpc) is 3.17. The second kappa shape index (κ2) is 6.79. The van der Waals surface area contributed by atoms with Crippen LogP contribution in [0, 0.1) is 0 Å². The number of nitrogens with one attached hydrogen (secondary N) is 1. The SMILES string of the molecule is O=C(CN1CCN(c2ccccc2)C1=O)NCC1CCCO1. The highest BCUT2D eigenvalue weighted by molar-refractivity contribution is 5.96. The number of nitrogens with zero attached hydrogens (tertiary/aromatic N) is 2. The molecule has 3 rings (SSSR count). The van der Waals surface area contributed by atoms with Gasteiger partial charge in [-0.25, -0.2) is 4.79 Å². The molecule has 2 aliphatic heterocycles. The zero-order chi connectivity index (χ0) is 15.4. The summed E-state index contributed by atoms with van der Waals surface area (Å²) in [4.78, 5) is 27.6. The van der Waals surface area contributed by atoms with Crippen LogP contribution in [0.3, 0.4) is 0 Å². The Morgan fingerprint density at radius 2 is 2.09 bits per heavy atom. The lowest BCUT2D eigenvalue weighted by atomic mass is 10.2. The lowest BCUT2D eigenvalue weighted by Gasteiger charge is -2.19. The van der Waals surface area contributed by atoms with E-state index in [4.69, 9.17) is 4.74 Å². The molecule has 118 valence electrons. The number of carbonyl (C=O) groups is 2. The van der Waals surface area contributed by atoms with E-state index in [-0.39, 0.29) is 24.6 Å². The third-order valence-electron chi connectivity index (χ3n) is 4.05.